The van der Waals surface area contributed by atoms with Crippen molar-refractivity contribution in [3.8, 4) is 11.1 Å². The van der Waals surface area contributed by atoms with Crippen LogP contribution in [0.4, 0.5) is 4.79 Å². The summed E-state index contributed by atoms with van der Waals surface area (Å²) in [7, 11) is 0. The van der Waals surface area contributed by atoms with E-state index < -0.39 is 23.5 Å². The molecule has 2 heterocycles. The number of hydrogen-bond acceptors (Lipinski definition) is 5. The van der Waals surface area contributed by atoms with Crippen molar-refractivity contribution in [1.82, 2.24) is 10.2 Å². The number of fused-ring (bicyclic) bond motifs is 3. The minimum absolute atomic E-state index is 0.0665. The molecule has 2 aromatic carbocycles. The van der Waals surface area contributed by atoms with E-state index in [0.29, 0.717) is 39.1 Å². The van der Waals surface area contributed by atoms with Gasteiger partial charge in [-0.3, -0.25) is 9.59 Å². The van der Waals surface area contributed by atoms with Gasteiger partial charge in [-0.05, 0) is 22.3 Å². The van der Waals surface area contributed by atoms with Crippen LogP contribution in [0, 0.1) is 11.8 Å². The van der Waals surface area contributed by atoms with Crippen molar-refractivity contribution >= 4 is 18.0 Å². The summed E-state index contributed by atoms with van der Waals surface area (Å²) in [6.45, 7) is 3.30. The van der Waals surface area contributed by atoms with E-state index in [-0.39, 0.29) is 24.3 Å². The molecule has 35 heavy (non-hydrogen) atoms. The van der Waals surface area contributed by atoms with E-state index in [1.54, 1.807) is 11.8 Å². The van der Waals surface area contributed by atoms with Gasteiger partial charge in [-0.2, -0.15) is 0 Å². The van der Waals surface area contributed by atoms with Crippen LogP contribution >= 0.6 is 0 Å². The van der Waals surface area contributed by atoms with Gasteiger partial charge in [0, 0.05) is 51.0 Å². The van der Waals surface area contributed by atoms with Crippen molar-refractivity contribution in [3.63, 3.8) is 0 Å². The number of alkyl carbamates (subject to hydrolysis) is 1. The molecule has 184 valence electrons. The lowest BCUT2D eigenvalue weighted by Gasteiger charge is -2.47. The first-order valence-corrected chi connectivity index (χ1v) is 12.1. The highest BCUT2D eigenvalue weighted by atomic mass is 16.5. The molecule has 0 radical (unpaired) electrons. The van der Waals surface area contributed by atoms with Gasteiger partial charge in [0.05, 0.1) is 5.92 Å². The van der Waals surface area contributed by atoms with Crippen LogP contribution in [-0.4, -0.2) is 66.4 Å². The maximum Gasteiger partial charge on any atom is 0.408 e. The second-order valence-corrected chi connectivity index (χ2v) is 9.74. The first-order valence-electron chi connectivity index (χ1n) is 12.1. The zero-order valence-electron chi connectivity index (χ0n) is 19.7. The summed E-state index contributed by atoms with van der Waals surface area (Å²) in [5.74, 6) is -1.71. The summed E-state index contributed by atoms with van der Waals surface area (Å²) < 4.78 is 11.2. The van der Waals surface area contributed by atoms with Gasteiger partial charge in [-0.25, -0.2) is 4.79 Å². The Morgan fingerprint density at radius 1 is 1.06 bits per heavy atom. The molecule has 0 aromatic heterocycles. The van der Waals surface area contributed by atoms with E-state index in [1.807, 2.05) is 24.3 Å². The second kappa shape index (κ2) is 9.34. The molecule has 2 fully saturated rings. The monoisotopic (exact) mass is 478 g/mol. The standard InChI is InChI=1S/C27H30N2O6/c1-17(24(30)31)18-14-29(15-18)25(32)27(10-12-34-13-11-27)28-26(33)35-16-23-21-8-4-2-6-19(21)20-7-3-5-9-22(20)23/h2-9,17-18,23H,10-16H2,1H3,(H,28,33)(H,30,31). The average molecular weight is 479 g/mol. The number of likely N-dealkylation sites (tertiary alicyclic amines) is 1. The fraction of sp³-hybridized carbons (Fsp3) is 0.444. The number of hydrogen-bond donors (Lipinski definition) is 2. The molecule has 2 saturated heterocycles. The van der Waals surface area contributed by atoms with E-state index in [9.17, 15) is 19.5 Å². The summed E-state index contributed by atoms with van der Waals surface area (Å²) in [6, 6.07) is 16.3. The second-order valence-electron chi connectivity index (χ2n) is 9.74. The third-order valence-electron chi connectivity index (χ3n) is 7.73. The van der Waals surface area contributed by atoms with Crippen molar-refractivity contribution in [2.45, 2.75) is 31.2 Å². The van der Waals surface area contributed by atoms with Crippen LogP contribution in [0.3, 0.4) is 0 Å². The van der Waals surface area contributed by atoms with Crippen LogP contribution < -0.4 is 5.32 Å². The summed E-state index contributed by atoms with van der Waals surface area (Å²) in [5, 5.41) is 12.1. The first kappa shape index (κ1) is 23.4. The maximum absolute atomic E-state index is 13.4. The number of ether oxygens (including phenoxy) is 2. The number of carboxylic acids is 1. The Labute approximate surface area is 204 Å². The molecule has 8 nitrogen and oxygen atoms in total. The molecule has 1 atom stereocenters. The highest BCUT2D eigenvalue weighted by Crippen LogP contribution is 2.44. The minimum Gasteiger partial charge on any atom is -0.481 e. The Bertz CT molecular complexity index is 1090. The molecule has 2 aliphatic heterocycles. The molecule has 0 saturated carbocycles. The third-order valence-corrected chi connectivity index (χ3v) is 7.73. The molecule has 1 unspecified atom stereocenters. The topological polar surface area (TPSA) is 105 Å². The number of rotatable bonds is 6. The van der Waals surface area contributed by atoms with Crippen molar-refractivity contribution in [2.75, 3.05) is 32.9 Å². The molecule has 2 N–H and O–H groups in total. The smallest absolute Gasteiger partial charge is 0.408 e. The van der Waals surface area contributed by atoms with E-state index in [0.717, 1.165) is 22.3 Å². The first-order chi connectivity index (χ1) is 16.9. The van der Waals surface area contributed by atoms with Gasteiger partial charge in [0.15, 0.2) is 0 Å². The molecule has 1 aliphatic carbocycles. The van der Waals surface area contributed by atoms with Crippen molar-refractivity contribution in [3.05, 3.63) is 59.7 Å². The molecule has 0 spiro atoms. The Morgan fingerprint density at radius 2 is 1.63 bits per heavy atom. The summed E-state index contributed by atoms with van der Waals surface area (Å²) in [4.78, 5) is 39.3. The van der Waals surface area contributed by atoms with Crippen LogP contribution in [0.2, 0.25) is 0 Å². The molecule has 0 bridgehead atoms. The number of carbonyl (C=O) groups is 3. The van der Waals surface area contributed by atoms with Crippen LogP contribution in [0.1, 0.15) is 36.8 Å². The van der Waals surface area contributed by atoms with E-state index in [4.69, 9.17) is 9.47 Å². The van der Waals surface area contributed by atoms with Gasteiger partial charge in [0.2, 0.25) is 5.91 Å². The van der Waals surface area contributed by atoms with Crippen LogP contribution in [0.25, 0.3) is 11.1 Å². The zero-order valence-corrected chi connectivity index (χ0v) is 19.7. The largest absolute Gasteiger partial charge is 0.481 e. The van der Waals surface area contributed by atoms with Crippen molar-refractivity contribution in [2.24, 2.45) is 11.8 Å². The molecule has 5 rings (SSSR count). The average Bonchev–Trinajstić information content (AvgIpc) is 3.16. The maximum atomic E-state index is 13.4. The van der Waals surface area contributed by atoms with Gasteiger partial charge in [-0.15, -0.1) is 0 Å². The highest BCUT2D eigenvalue weighted by Gasteiger charge is 2.48. The quantitative estimate of drug-likeness (QED) is 0.660. The molecule has 3 aliphatic rings. The minimum atomic E-state index is -1.10. The van der Waals surface area contributed by atoms with E-state index in [1.165, 1.54) is 0 Å². The fourth-order valence-corrected chi connectivity index (χ4v) is 5.44. The normalized spacial score (nSPS) is 19.7. The third kappa shape index (κ3) is 4.27. The zero-order chi connectivity index (χ0) is 24.6. The predicted molar refractivity (Wildman–Crippen MR) is 128 cm³/mol. The van der Waals surface area contributed by atoms with Gasteiger partial charge in [0.25, 0.3) is 0 Å². The molecular formula is C27H30N2O6. The summed E-state index contributed by atoms with van der Waals surface area (Å²) >= 11 is 0. The lowest BCUT2D eigenvalue weighted by molar-refractivity contribution is -0.156. The molecule has 2 aromatic rings. The van der Waals surface area contributed by atoms with Gasteiger partial charge in [-0.1, -0.05) is 55.5 Å². The van der Waals surface area contributed by atoms with E-state index >= 15 is 0 Å². The fourth-order valence-electron chi connectivity index (χ4n) is 5.44. The van der Waals surface area contributed by atoms with Crippen molar-refractivity contribution < 1.29 is 29.0 Å². The predicted octanol–water partition coefficient (Wildman–Crippen LogP) is 3.25. The lowest BCUT2D eigenvalue weighted by atomic mass is 9.82. The SMILES string of the molecule is CC(C(=O)O)C1CN(C(=O)C2(NC(=O)OCC3c4ccccc4-c4ccccc43)CCOCC2)C1. The number of nitrogens with zero attached hydrogens (tertiary/aromatic N) is 1. The number of nitrogens with one attached hydrogen (secondary N) is 1. The number of carbonyl (C=O) groups excluding carboxylic acids is 2. The van der Waals surface area contributed by atoms with Crippen LogP contribution in [0.5, 0.6) is 0 Å². The van der Waals surface area contributed by atoms with Gasteiger partial charge in [0.1, 0.15) is 12.1 Å². The summed E-state index contributed by atoms with van der Waals surface area (Å²) in [6.07, 6.45) is 0.0789. The molecule has 8 heteroatoms. The van der Waals surface area contributed by atoms with Gasteiger partial charge < -0.3 is 24.8 Å². The highest BCUT2D eigenvalue weighted by molar-refractivity contribution is 5.91. The Hall–Kier alpha value is -3.39. The number of carboxylic acid groups (broad SMARTS) is 1. The number of amides is 2. The summed E-state index contributed by atoms with van der Waals surface area (Å²) in [5.41, 5.74) is 3.44. The number of aliphatic carboxylic acids is 1. The van der Waals surface area contributed by atoms with Gasteiger partial charge >= 0.3 is 12.1 Å². The Balaban J connectivity index is 1.26. The number of benzene rings is 2. The van der Waals surface area contributed by atoms with Crippen LogP contribution in [-0.2, 0) is 19.1 Å². The lowest BCUT2D eigenvalue weighted by Crippen LogP contribution is -2.66. The van der Waals surface area contributed by atoms with Crippen molar-refractivity contribution in [1.29, 1.82) is 0 Å². The molecule has 2 amide bonds. The Morgan fingerprint density at radius 3 is 2.20 bits per heavy atom. The van der Waals surface area contributed by atoms with Crippen LogP contribution in [0.15, 0.2) is 48.5 Å². The van der Waals surface area contributed by atoms with E-state index in [2.05, 4.69) is 29.6 Å². The Kier molecular flexibility index (Phi) is 6.23. The molecular weight excluding hydrogens is 448 g/mol.